The van der Waals surface area contributed by atoms with Gasteiger partial charge >= 0.3 is 0 Å². The third-order valence-corrected chi connectivity index (χ3v) is 6.51. The molecule has 1 rings (SSSR count). The number of Topliss-reactive ketones (excluding diaryl/α,β-unsaturated/α-hetero) is 1. The lowest BCUT2D eigenvalue weighted by atomic mass is 9.99. The van der Waals surface area contributed by atoms with Crippen molar-refractivity contribution in [1.29, 1.82) is 0 Å². The van der Waals surface area contributed by atoms with Crippen molar-refractivity contribution in [2.75, 3.05) is 19.7 Å². The lowest BCUT2D eigenvalue weighted by Gasteiger charge is -2.41. The first-order valence-corrected chi connectivity index (χ1v) is 8.55. The van der Waals surface area contributed by atoms with Crippen LogP contribution in [0.5, 0.6) is 0 Å². The second-order valence-corrected chi connectivity index (χ2v) is 10.7. The summed E-state index contributed by atoms with van der Waals surface area (Å²) < 4.78 is 21.1. The van der Waals surface area contributed by atoms with Crippen LogP contribution in [-0.2, 0) is 13.9 Å². The van der Waals surface area contributed by atoms with Crippen LogP contribution in [-0.4, -0.2) is 35.3 Å². The molecule has 4 nitrogen and oxygen atoms in total. The number of carbonyl (C=O) groups excluding carboxylic acids is 1. The predicted molar refractivity (Wildman–Crippen MR) is 78.6 cm³/mol. The maximum absolute atomic E-state index is 13.3. The molecule has 19 heavy (non-hydrogen) atoms. The van der Waals surface area contributed by atoms with E-state index in [1.165, 1.54) is 0 Å². The van der Waals surface area contributed by atoms with Gasteiger partial charge in [-0.05, 0) is 26.2 Å². The highest BCUT2D eigenvalue weighted by atomic mass is 31.2. The van der Waals surface area contributed by atoms with Gasteiger partial charge in [-0.3, -0.25) is 9.36 Å². The van der Waals surface area contributed by atoms with E-state index < -0.39 is 12.7 Å². The van der Waals surface area contributed by atoms with Crippen LogP contribution in [0.25, 0.3) is 0 Å². The van der Waals surface area contributed by atoms with Gasteiger partial charge in [0.15, 0.2) is 0 Å². The summed E-state index contributed by atoms with van der Waals surface area (Å²) in [6, 6.07) is 0. The molecule has 0 bridgehead atoms. The zero-order valence-corrected chi connectivity index (χ0v) is 14.0. The molecule has 5 heteroatoms. The van der Waals surface area contributed by atoms with Crippen molar-refractivity contribution in [3.63, 3.8) is 0 Å². The Morgan fingerprint density at radius 1 is 1.11 bits per heavy atom. The molecule has 0 aromatic carbocycles. The molecule has 1 atom stereocenters. The van der Waals surface area contributed by atoms with E-state index in [0.29, 0.717) is 32.5 Å². The Balaban J connectivity index is 2.88. The summed E-state index contributed by atoms with van der Waals surface area (Å²) in [6.07, 6.45) is 0.970. The summed E-state index contributed by atoms with van der Waals surface area (Å²) in [5.41, 5.74) is -0.0213. The minimum absolute atomic E-state index is 0.0213. The minimum atomic E-state index is -2.92. The Bertz CT molecular complexity index is 369. The average Bonchev–Trinajstić information content (AvgIpc) is 2.24. The number of ketones is 1. The quantitative estimate of drug-likeness (QED) is 0.743. The van der Waals surface area contributed by atoms with E-state index in [9.17, 15) is 9.36 Å². The molecule has 0 aromatic heterocycles. The molecular weight excluding hydrogens is 261 g/mol. The zero-order valence-electron chi connectivity index (χ0n) is 13.2. The fourth-order valence-electron chi connectivity index (χ4n) is 1.99. The molecule has 0 amide bonds. The molecule has 0 radical (unpaired) electrons. The van der Waals surface area contributed by atoms with Gasteiger partial charge in [0.25, 0.3) is 7.52 Å². The van der Waals surface area contributed by atoms with Crippen LogP contribution in [0.3, 0.4) is 0 Å². The van der Waals surface area contributed by atoms with Crippen molar-refractivity contribution >= 4 is 13.3 Å². The monoisotopic (exact) mass is 289 g/mol. The van der Waals surface area contributed by atoms with Crippen LogP contribution in [0.2, 0.25) is 0 Å². The van der Waals surface area contributed by atoms with Gasteiger partial charge in [-0.25, -0.2) is 4.67 Å². The molecule has 0 spiro atoms. The second kappa shape index (κ2) is 5.67. The van der Waals surface area contributed by atoms with Gasteiger partial charge in [0.2, 0.25) is 0 Å². The van der Waals surface area contributed by atoms with Gasteiger partial charge in [0.05, 0.1) is 11.8 Å². The Kier molecular flexibility index (Phi) is 5.03. The van der Waals surface area contributed by atoms with Crippen molar-refractivity contribution in [3.05, 3.63) is 0 Å². The number of hydrogen-bond acceptors (Lipinski definition) is 3. The zero-order chi connectivity index (χ0) is 14.9. The standard InChI is InChI=1S/C14H28NO3P/c1-13(2,3)11-18-19(17,14(4,5)6)15-9-7-12(16)8-10-15/h7-11H2,1-6H3. The van der Waals surface area contributed by atoms with E-state index in [1.54, 1.807) is 0 Å². The highest BCUT2D eigenvalue weighted by molar-refractivity contribution is 7.58. The molecule has 0 aromatic rings. The molecule has 1 unspecified atom stereocenters. The maximum atomic E-state index is 13.3. The molecule has 1 fully saturated rings. The van der Waals surface area contributed by atoms with Gasteiger partial charge in [-0.15, -0.1) is 0 Å². The van der Waals surface area contributed by atoms with Crippen LogP contribution < -0.4 is 0 Å². The predicted octanol–water partition coefficient (Wildman–Crippen LogP) is 3.71. The first-order chi connectivity index (χ1) is 8.46. The van der Waals surface area contributed by atoms with Crippen molar-refractivity contribution in [2.45, 2.75) is 59.5 Å². The summed E-state index contributed by atoms with van der Waals surface area (Å²) in [4.78, 5) is 11.3. The Hall–Kier alpha value is -0.180. The largest absolute Gasteiger partial charge is 0.316 e. The number of carbonyl (C=O) groups is 1. The summed E-state index contributed by atoms with van der Waals surface area (Å²) in [5.74, 6) is 0.257. The molecule has 112 valence electrons. The summed E-state index contributed by atoms with van der Waals surface area (Å²) >= 11 is 0. The maximum Gasteiger partial charge on any atom is 0.277 e. The van der Waals surface area contributed by atoms with Gasteiger partial charge in [-0.2, -0.15) is 0 Å². The molecule has 1 saturated heterocycles. The van der Waals surface area contributed by atoms with E-state index in [2.05, 4.69) is 20.8 Å². The van der Waals surface area contributed by atoms with Crippen molar-refractivity contribution in [3.8, 4) is 0 Å². The highest BCUT2D eigenvalue weighted by Crippen LogP contribution is 2.62. The van der Waals surface area contributed by atoms with Crippen molar-refractivity contribution in [1.82, 2.24) is 4.67 Å². The third kappa shape index (κ3) is 4.40. The van der Waals surface area contributed by atoms with Gasteiger partial charge in [-0.1, -0.05) is 20.8 Å². The van der Waals surface area contributed by atoms with E-state index in [4.69, 9.17) is 4.52 Å². The van der Waals surface area contributed by atoms with E-state index >= 15 is 0 Å². The summed E-state index contributed by atoms with van der Waals surface area (Å²) in [6.45, 7) is 13.6. The number of piperidine rings is 1. The van der Waals surface area contributed by atoms with Crippen LogP contribution in [0.15, 0.2) is 0 Å². The van der Waals surface area contributed by atoms with E-state index in [-0.39, 0.29) is 11.2 Å². The molecule has 1 heterocycles. The number of nitrogens with zero attached hydrogens (tertiary/aromatic N) is 1. The first-order valence-electron chi connectivity index (χ1n) is 6.97. The molecule has 0 aliphatic carbocycles. The molecule has 0 N–H and O–H groups in total. The lowest BCUT2D eigenvalue weighted by molar-refractivity contribution is -0.120. The van der Waals surface area contributed by atoms with E-state index in [1.807, 2.05) is 25.4 Å². The fraction of sp³-hybridized carbons (Fsp3) is 0.929. The summed E-state index contributed by atoms with van der Waals surface area (Å²) in [5, 5.41) is -0.432. The smallest absolute Gasteiger partial charge is 0.277 e. The highest BCUT2D eigenvalue weighted by Gasteiger charge is 2.45. The van der Waals surface area contributed by atoms with Gasteiger partial charge < -0.3 is 4.52 Å². The average molecular weight is 289 g/mol. The Morgan fingerprint density at radius 2 is 1.58 bits per heavy atom. The normalized spacial score (nSPS) is 22.3. The topological polar surface area (TPSA) is 46.6 Å². The van der Waals surface area contributed by atoms with Gasteiger partial charge in [0.1, 0.15) is 5.78 Å². The minimum Gasteiger partial charge on any atom is -0.316 e. The van der Waals surface area contributed by atoms with Crippen LogP contribution in [0, 0.1) is 5.41 Å². The van der Waals surface area contributed by atoms with Crippen molar-refractivity contribution in [2.24, 2.45) is 5.41 Å². The molecule has 0 saturated carbocycles. The van der Waals surface area contributed by atoms with Crippen LogP contribution in [0.1, 0.15) is 54.4 Å². The number of rotatable bonds is 3. The third-order valence-electron chi connectivity index (χ3n) is 3.19. The Labute approximate surface area is 117 Å². The first kappa shape index (κ1) is 16.9. The fourth-order valence-corrected chi connectivity index (χ4v) is 4.68. The van der Waals surface area contributed by atoms with E-state index in [0.717, 1.165) is 0 Å². The lowest BCUT2D eigenvalue weighted by Crippen LogP contribution is -2.38. The van der Waals surface area contributed by atoms with Crippen LogP contribution in [0.4, 0.5) is 0 Å². The molecule has 1 aliphatic heterocycles. The van der Waals surface area contributed by atoms with Crippen molar-refractivity contribution < 1.29 is 13.9 Å². The summed E-state index contributed by atoms with van der Waals surface area (Å²) in [7, 11) is -2.92. The van der Waals surface area contributed by atoms with Gasteiger partial charge in [0, 0.05) is 25.9 Å². The number of hydrogen-bond donors (Lipinski definition) is 0. The Morgan fingerprint density at radius 3 is 1.95 bits per heavy atom. The molecule has 1 aliphatic rings. The SMILES string of the molecule is CC(C)(C)COP(=O)(N1CCC(=O)CC1)C(C)(C)C. The second-order valence-electron chi connectivity index (χ2n) is 7.52. The van der Waals surface area contributed by atoms with Crippen LogP contribution >= 0.6 is 7.52 Å². The molecular formula is C14H28NO3P.